The van der Waals surface area contributed by atoms with E-state index in [0.717, 1.165) is 25.0 Å². The van der Waals surface area contributed by atoms with Gasteiger partial charge in [-0.25, -0.2) is 8.78 Å². The Morgan fingerprint density at radius 1 is 1.35 bits per heavy atom. The lowest BCUT2D eigenvalue weighted by atomic mass is 9.96. The van der Waals surface area contributed by atoms with Crippen LogP contribution in [-0.2, 0) is 0 Å². The Hall–Kier alpha value is -0.960. The number of ketones is 1. The summed E-state index contributed by atoms with van der Waals surface area (Å²) in [6.45, 7) is 3.94. The molecule has 1 aromatic rings. The second-order valence-electron chi connectivity index (χ2n) is 4.27. The molecule has 0 aliphatic rings. The number of hydrogen-bond donors (Lipinski definition) is 0. The molecule has 94 valence electrons. The van der Waals surface area contributed by atoms with Crippen molar-refractivity contribution in [3.05, 3.63) is 34.4 Å². The zero-order valence-electron chi connectivity index (χ0n) is 9.90. The highest BCUT2D eigenvalue weighted by Crippen LogP contribution is 2.22. The van der Waals surface area contributed by atoms with E-state index < -0.39 is 11.6 Å². The minimum atomic E-state index is -0.764. The summed E-state index contributed by atoms with van der Waals surface area (Å²) in [6.07, 6.45) is 2.08. The first-order valence-corrected chi connectivity index (χ1v) is 6.01. The fourth-order valence-electron chi connectivity index (χ4n) is 1.76. The second-order valence-corrected chi connectivity index (χ2v) is 4.67. The van der Waals surface area contributed by atoms with Crippen LogP contribution >= 0.6 is 11.6 Å². The molecule has 0 aromatic heterocycles. The quantitative estimate of drug-likeness (QED) is 0.557. The van der Waals surface area contributed by atoms with Crippen molar-refractivity contribution in [2.75, 3.05) is 0 Å². The van der Waals surface area contributed by atoms with Gasteiger partial charge in [0.2, 0.25) is 0 Å². The lowest BCUT2D eigenvalue weighted by Crippen LogP contribution is -2.08. The van der Waals surface area contributed by atoms with Crippen LogP contribution < -0.4 is 0 Å². The Balaban J connectivity index is 2.86. The van der Waals surface area contributed by atoms with E-state index in [2.05, 4.69) is 0 Å². The van der Waals surface area contributed by atoms with Gasteiger partial charge in [0.25, 0.3) is 0 Å². The first-order valence-electron chi connectivity index (χ1n) is 5.63. The summed E-state index contributed by atoms with van der Waals surface area (Å²) in [4.78, 5) is 11.8. The first-order chi connectivity index (χ1) is 7.95. The predicted molar refractivity (Wildman–Crippen MR) is 64.4 cm³/mol. The summed E-state index contributed by atoms with van der Waals surface area (Å²) in [5, 5.41) is -0.305. The zero-order chi connectivity index (χ0) is 13.0. The van der Waals surface area contributed by atoms with Crippen molar-refractivity contribution in [3.63, 3.8) is 0 Å². The summed E-state index contributed by atoms with van der Waals surface area (Å²) in [5.74, 6) is -1.73. The van der Waals surface area contributed by atoms with Crippen molar-refractivity contribution < 1.29 is 13.6 Å². The van der Waals surface area contributed by atoms with Crippen LogP contribution in [0.25, 0.3) is 0 Å². The maximum absolute atomic E-state index is 13.4. The maximum Gasteiger partial charge on any atom is 0.166 e. The van der Waals surface area contributed by atoms with Crippen molar-refractivity contribution in [2.24, 2.45) is 5.92 Å². The fraction of sp³-hybridized carbons (Fsp3) is 0.462. The molecule has 0 radical (unpaired) electrons. The van der Waals surface area contributed by atoms with Gasteiger partial charge in [-0.05, 0) is 18.1 Å². The number of carbonyl (C=O) groups is 1. The lowest BCUT2D eigenvalue weighted by molar-refractivity contribution is 0.0958. The lowest BCUT2D eigenvalue weighted by Gasteiger charge is -2.09. The van der Waals surface area contributed by atoms with E-state index in [1.165, 1.54) is 0 Å². The number of rotatable bonds is 5. The third kappa shape index (κ3) is 3.77. The van der Waals surface area contributed by atoms with E-state index in [1.807, 2.05) is 13.8 Å². The Morgan fingerprint density at radius 3 is 2.59 bits per heavy atom. The second kappa shape index (κ2) is 6.10. The van der Waals surface area contributed by atoms with Crippen molar-refractivity contribution in [1.29, 1.82) is 0 Å². The Labute approximate surface area is 105 Å². The number of benzene rings is 1. The maximum atomic E-state index is 13.4. The van der Waals surface area contributed by atoms with Crippen LogP contribution in [0.3, 0.4) is 0 Å². The van der Waals surface area contributed by atoms with Gasteiger partial charge in [-0.1, -0.05) is 38.3 Å². The highest BCUT2D eigenvalue weighted by atomic mass is 35.5. The Kier molecular flexibility index (Phi) is 5.06. The van der Waals surface area contributed by atoms with Crippen LogP contribution in [0.4, 0.5) is 8.78 Å². The Bertz CT molecular complexity index is 418. The first kappa shape index (κ1) is 14.1. The standard InChI is InChI=1S/C13H15ClF2O/c1-3-4-8(2)5-13(17)9-6-12(16)10(14)7-11(9)15/h6-8H,3-5H2,1-2H3. The zero-order valence-corrected chi connectivity index (χ0v) is 10.7. The van der Waals surface area contributed by atoms with E-state index in [9.17, 15) is 13.6 Å². The molecule has 4 heteroatoms. The molecule has 0 heterocycles. The van der Waals surface area contributed by atoms with Crippen molar-refractivity contribution in [1.82, 2.24) is 0 Å². The summed E-state index contributed by atoms with van der Waals surface area (Å²) in [6, 6.07) is 1.72. The van der Waals surface area contributed by atoms with Gasteiger partial charge in [0.15, 0.2) is 5.78 Å². The van der Waals surface area contributed by atoms with Crippen molar-refractivity contribution >= 4 is 17.4 Å². The third-order valence-electron chi connectivity index (χ3n) is 2.63. The van der Waals surface area contributed by atoms with E-state index in [1.54, 1.807) is 0 Å². The van der Waals surface area contributed by atoms with E-state index in [-0.39, 0.29) is 28.7 Å². The summed E-state index contributed by atoms with van der Waals surface area (Å²) in [7, 11) is 0. The minimum Gasteiger partial charge on any atom is -0.294 e. The summed E-state index contributed by atoms with van der Waals surface area (Å²) >= 11 is 5.42. The molecule has 1 rings (SSSR count). The number of hydrogen-bond acceptors (Lipinski definition) is 1. The molecule has 0 saturated carbocycles. The summed E-state index contributed by atoms with van der Waals surface area (Å²) in [5.41, 5.74) is -0.213. The molecule has 0 aliphatic heterocycles. The highest BCUT2D eigenvalue weighted by molar-refractivity contribution is 6.30. The van der Waals surface area contributed by atoms with Crippen LogP contribution in [0.1, 0.15) is 43.5 Å². The predicted octanol–water partition coefficient (Wildman–Crippen LogP) is 4.63. The monoisotopic (exact) mass is 260 g/mol. The van der Waals surface area contributed by atoms with Crippen LogP contribution in [-0.4, -0.2) is 5.78 Å². The van der Waals surface area contributed by atoms with Gasteiger partial charge in [0, 0.05) is 6.42 Å². The molecule has 0 N–H and O–H groups in total. The van der Waals surface area contributed by atoms with Crippen LogP contribution in [0, 0.1) is 17.6 Å². The number of carbonyl (C=O) groups excluding carboxylic acids is 1. The molecule has 0 saturated heterocycles. The summed E-state index contributed by atoms with van der Waals surface area (Å²) < 4.78 is 26.6. The number of Topliss-reactive ketones (excluding diaryl/α,β-unsaturated/α-hetero) is 1. The average molecular weight is 261 g/mol. The fourth-order valence-corrected chi connectivity index (χ4v) is 1.91. The minimum absolute atomic E-state index is 0.172. The molecule has 1 unspecified atom stereocenters. The molecule has 0 amide bonds. The highest BCUT2D eigenvalue weighted by Gasteiger charge is 2.17. The normalized spacial score (nSPS) is 12.5. The van der Waals surface area contributed by atoms with E-state index in [0.29, 0.717) is 0 Å². The van der Waals surface area contributed by atoms with Gasteiger partial charge >= 0.3 is 0 Å². The van der Waals surface area contributed by atoms with Gasteiger partial charge in [0.1, 0.15) is 11.6 Å². The van der Waals surface area contributed by atoms with Crippen LogP contribution in [0.2, 0.25) is 5.02 Å². The largest absolute Gasteiger partial charge is 0.294 e. The Morgan fingerprint density at radius 2 is 2.00 bits per heavy atom. The smallest absolute Gasteiger partial charge is 0.166 e. The topological polar surface area (TPSA) is 17.1 Å². The van der Waals surface area contributed by atoms with Gasteiger partial charge in [-0.2, -0.15) is 0 Å². The number of halogens is 3. The van der Waals surface area contributed by atoms with Crippen LogP contribution in [0.5, 0.6) is 0 Å². The van der Waals surface area contributed by atoms with Gasteiger partial charge in [-0.3, -0.25) is 4.79 Å². The molecule has 1 nitrogen and oxygen atoms in total. The molecule has 0 fully saturated rings. The molecular formula is C13H15ClF2O. The van der Waals surface area contributed by atoms with Crippen molar-refractivity contribution in [2.45, 2.75) is 33.1 Å². The molecule has 0 aliphatic carbocycles. The molecule has 0 spiro atoms. The average Bonchev–Trinajstić information content (AvgIpc) is 2.23. The third-order valence-corrected chi connectivity index (χ3v) is 2.92. The van der Waals surface area contributed by atoms with Crippen LogP contribution in [0.15, 0.2) is 12.1 Å². The molecular weight excluding hydrogens is 246 g/mol. The van der Waals surface area contributed by atoms with Gasteiger partial charge in [-0.15, -0.1) is 0 Å². The molecule has 0 bridgehead atoms. The van der Waals surface area contributed by atoms with Gasteiger partial charge < -0.3 is 0 Å². The van der Waals surface area contributed by atoms with Crippen molar-refractivity contribution in [3.8, 4) is 0 Å². The van der Waals surface area contributed by atoms with Gasteiger partial charge in [0.05, 0.1) is 10.6 Å². The molecule has 17 heavy (non-hydrogen) atoms. The molecule has 1 aromatic carbocycles. The van der Waals surface area contributed by atoms with E-state index in [4.69, 9.17) is 11.6 Å². The van der Waals surface area contributed by atoms with E-state index >= 15 is 0 Å². The SMILES string of the molecule is CCCC(C)CC(=O)c1cc(F)c(Cl)cc1F. The molecule has 1 atom stereocenters.